The van der Waals surface area contributed by atoms with E-state index in [9.17, 15) is 9.59 Å². The molecule has 4 aromatic rings. The molecule has 196 valence electrons. The van der Waals surface area contributed by atoms with Crippen molar-refractivity contribution < 1.29 is 9.59 Å². The second-order valence-electron chi connectivity index (χ2n) is 8.97. The number of amides is 2. The Bertz CT molecular complexity index is 1400. The lowest BCUT2D eigenvalue weighted by molar-refractivity contribution is -0.127. The van der Waals surface area contributed by atoms with Crippen molar-refractivity contribution in [1.29, 1.82) is 0 Å². The normalized spacial score (nSPS) is 11.9. The highest BCUT2D eigenvalue weighted by Gasteiger charge is 2.19. The molecule has 2 aromatic carbocycles. The van der Waals surface area contributed by atoms with Crippen molar-refractivity contribution in [2.75, 3.05) is 13.6 Å². The molecule has 0 spiro atoms. The molecule has 2 aromatic heterocycles. The van der Waals surface area contributed by atoms with Gasteiger partial charge in [-0.05, 0) is 49.0 Å². The Morgan fingerprint density at radius 2 is 1.84 bits per heavy atom. The Morgan fingerprint density at radius 3 is 2.53 bits per heavy atom. The second-order valence-corrected chi connectivity index (χ2v) is 9.79. The van der Waals surface area contributed by atoms with Crippen molar-refractivity contribution in [3.05, 3.63) is 100 Å². The van der Waals surface area contributed by atoms with Crippen LogP contribution < -0.4 is 11.1 Å². The number of halogens is 2. The van der Waals surface area contributed by atoms with Crippen LogP contribution in [-0.2, 0) is 22.6 Å². The van der Waals surface area contributed by atoms with Gasteiger partial charge in [-0.15, -0.1) is 0 Å². The van der Waals surface area contributed by atoms with E-state index in [-0.39, 0.29) is 12.3 Å². The predicted molar refractivity (Wildman–Crippen MR) is 149 cm³/mol. The smallest absolute Gasteiger partial charge is 0.240 e. The highest BCUT2D eigenvalue weighted by Crippen LogP contribution is 2.27. The summed E-state index contributed by atoms with van der Waals surface area (Å²) in [6.45, 7) is 0.960. The molecule has 0 aliphatic carbocycles. The monoisotopic (exact) mass is 550 g/mol. The maximum Gasteiger partial charge on any atom is 0.240 e. The lowest BCUT2D eigenvalue weighted by Gasteiger charge is -2.19. The van der Waals surface area contributed by atoms with Gasteiger partial charge in [0.15, 0.2) is 0 Å². The quantitative estimate of drug-likeness (QED) is 0.290. The Labute approximate surface area is 231 Å². The van der Waals surface area contributed by atoms with Crippen molar-refractivity contribution >= 4 is 35.0 Å². The number of primary amides is 1. The molecule has 0 fully saturated rings. The third-order valence-corrected chi connectivity index (χ3v) is 6.74. The van der Waals surface area contributed by atoms with E-state index in [4.69, 9.17) is 34.0 Å². The number of hydrogen-bond acceptors (Lipinski definition) is 5. The molecule has 2 heterocycles. The van der Waals surface area contributed by atoms with E-state index in [1.54, 1.807) is 24.5 Å². The highest BCUT2D eigenvalue weighted by atomic mass is 35.5. The average molecular weight is 551 g/mol. The predicted octanol–water partition coefficient (Wildman–Crippen LogP) is 4.28. The summed E-state index contributed by atoms with van der Waals surface area (Å²) in [6, 6.07) is 19.8. The van der Waals surface area contributed by atoms with Gasteiger partial charge in [-0.1, -0.05) is 53.5 Å². The van der Waals surface area contributed by atoms with Gasteiger partial charge in [0.05, 0.1) is 27.1 Å². The molecule has 3 N–H and O–H groups in total. The van der Waals surface area contributed by atoms with Crippen molar-refractivity contribution in [2.24, 2.45) is 5.73 Å². The van der Waals surface area contributed by atoms with Gasteiger partial charge in [0, 0.05) is 43.9 Å². The van der Waals surface area contributed by atoms with Crippen LogP contribution in [-0.4, -0.2) is 51.1 Å². The molecule has 2 amide bonds. The third kappa shape index (κ3) is 7.19. The average Bonchev–Trinajstić information content (AvgIpc) is 3.33. The zero-order valence-corrected chi connectivity index (χ0v) is 22.4. The summed E-state index contributed by atoms with van der Waals surface area (Å²) < 4.78 is 1.81. The van der Waals surface area contributed by atoms with Crippen LogP contribution in [0.15, 0.2) is 79.1 Å². The summed E-state index contributed by atoms with van der Waals surface area (Å²) in [5.74, 6) is -0.811. The minimum Gasteiger partial charge on any atom is -0.368 e. The molecule has 0 aliphatic rings. The lowest BCUT2D eigenvalue weighted by Crippen LogP contribution is -2.46. The topological polar surface area (TPSA) is 106 Å². The standard InChI is InChI=1S/C28H28Cl2N6O2/c1-35(13-11-27(37)33-26(28(31)38)14-19-6-3-2-4-7-19)18-22-16-25(20-8-5-12-32-17-20)34-36(22)21-9-10-23(29)24(30)15-21/h2-10,12,15-17,26H,11,13-14,18H2,1H3,(H2,31,38)(H,33,37)/t26-/m0/s1. The first-order valence-electron chi connectivity index (χ1n) is 12.1. The summed E-state index contributed by atoms with van der Waals surface area (Å²) in [5.41, 5.74) is 9.76. The first-order valence-corrected chi connectivity index (χ1v) is 12.8. The zero-order valence-electron chi connectivity index (χ0n) is 20.8. The second kappa shape index (κ2) is 12.7. The Morgan fingerprint density at radius 1 is 1.05 bits per heavy atom. The number of aromatic nitrogens is 3. The molecule has 10 heteroatoms. The summed E-state index contributed by atoms with van der Waals surface area (Å²) in [4.78, 5) is 30.8. The summed E-state index contributed by atoms with van der Waals surface area (Å²) >= 11 is 12.4. The van der Waals surface area contributed by atoms with Crippen molar-refractivity contribution in [1.82, 2.24) is 25.0 Å². The van der Waals surface area contributed by atoms with Crippen LogP contribution in [0.3, 0.4) is 0 Å². The molecule has 38 heavy (non-hydrogen) atoms. The SMILES string of the molecule is CN(CCC(=O)N[C@@H](Cc1ccccc1)C(N)=O)Cc1cc(-c2cccnc2)nn1-c1ccc(Cl)c(Cl)c1. The van der Waals surface area contributed by atoms with Crippen LogP contribution in [0.1, 0.15) is 17.7 Å². The largest absolute Gasteiger partial charge is 0.368 e. The minimum absolute atomic E-state index is 0.200. The number of nitrogens with two attached hydrogens (primary N) is 1. The van der Waals surface area contributed by atoms with Crippen LogP contribution >= 0.6 is 23.2 Å². The summed E-state index contributed by atoms with van der Waals surface area (Å²) in [6.07, 6.45) is 4.01. The molecule has 4 rings (SSSR count). The van der Waals surface area contributed by atoms with E-state index in [2.05, 4.69) is 10.3 Å². The summed E-state index contributed by atoms with van der Waals surface area (Å²) in [7, 11) is 1.92. The fraction of sp³-hybridized carbons (Fsp3) is 0.214. The number of benzene rings is 2. The first kappa shape index (κ1) is 27.3. The van der Waals surface area contributed by atoms with Gasteiger partial charge in [-0.2, -0.15) is 5.10 Å². The third-order valence-electron chi connectivity index (χ3n) is 6.00. The molecule has 0 unspecified atom stereocenters. The molecule has 0 saturated carbocycles. The van der Waals surface area contributed by atoms with E-state index in [0.29, 0.717) is 29.6 Å². The minimum atomic E-state index is -0.770. The van der Waals surface area contributed by atoms with Crippen molar-refractivity contribution in [3.63, 3.8) is 0 Å². The Hall–Kier alpha value is -3.72. The number of nitrogens with one attached hydrogen (secondary N) is 1. The molecule has 0 radical (unpaired) electrons. The zero-order chi connectivity index (χ0) is 27.1. The summed E-state index contributed by atoms with van der Waals surface area (Å²) in [5, 5.41) is 8.44. The number of carbonyl (C=O) groups is 2. The van der Waals surface area contributed by atoms with Gasteiger partial charge in [0.25, 0.3) is 0 Å². The van der Waals surface area contributed by atoms with Crippen LogP contribution in [0.4, 0.5) is 0 Å². The number of rotatable bonds is 11. The van der Waals surface area contributed by atoms with E-state index in [0.717, 1.165) is 28.2 Å². The van der Waals surface area contributed by atoms with Crippen molar-refractivity contribution in [3.8, 4) is 16.9 Å². The van der Waals surface area contributed by atoms with Gasteiger partial charge in [0.2, 0.25) is 11.8 Å². The Kier molecular flexibility index (Phi) is 9.12. The number of nitrogens with zero attached hydrogens (tertiary/aromatic N) is 4. The fourth-order valence-electron chi connectivity index (χ4n) is 4.02. The molecule has 0 bridgehead atoms. The lowest BCUT2D eigenvalue weighted by atomic mass is 10.1. The van der Waals surface area contributed by atoms with E-state index < -0.39 is 11.9 Å². The van der Waals surface area contributed by atoms with Gasteiger partial charge in [-0.3, -0.25) is 14.6 Å². The van der Waals surface area contributed by atoms with Gasteiger partial charge < -0.3 is 16.0 Å². The van der Waals surface area contributed by atoms with E-state index in [1.165, 1.54) is 0 Å². The van der Waals surface area contributed by atoms with E-state index in [1.807, 2.05) is 71.2 Å². The van der Waals surface area contributed by atoms with E-state index >= 15 is 0 Å². The molecule has 8 nitrogen and oxygen atoms in total. The van der Waals surface area contributed by atoms with Gasteiger partial charge >= 0.3 is 0 Å². The van der Waals surface area contributed by atoms with Crippen LogP contribution in [0.5, 0.6) is 0 Å². The number of carbonyl (C=O) groups excluding carboxylic acids is 2. The van der Waals surface area contributed by atoms with Crippen molar-refractivity contribution in [2.45, 2.75) is 25.4 Å². The number of pyridine rings is 1. The maximum absolute atomic E-state index is 12.7. The molecular formula is C28H28Cl2N6O2. The maximum atomic E-state index is 12.7. The van der Waals surface area contributed by atoms with Crippen LogP contribution in [0.25, 0.3) is 16.9 Å². The Balaban J connectivity index is 1.44. The molecule has 0 aliphatic heterocycles. The number of hydrogen-bond donors (Lipinski definition) is 2. The van der Waals surface area contributed by atoms with Crippen LogP contribution in [0, 0.1) is 0 Å². The van der Waals surface area contributed by atoms with Gasteiger partial charge in [-0.25, -0.2) is 4.68 Å². The van der Waals surface area contributed by atoms with Crippen LogP contribution in [0.2, 0.25) is 10.0 Å². The van der Waals surface area contributed by atoms with Gasteiger partial charge in [0.1, 0.15) is 6.04 Å². The highest BCUT2D eigenvalue weighted by molar-refractivity contribution is 6.42. The molecule has 0 saturated heterocycles. The fourth-order valence-corrected chi connectivity index (χ4v) is 4.31. The first-order chi connectivity index (χ1) is 18.3. The molecular weight excluding hydrogens is 523 g/mol. The molecule has 1 atom stereocenters.